The number of benzene rings is 1. The zero-order chi connectivity index (χ0) is 9.84. The van der Waals surface area contributed by atoms with Gasteiger partial charge in [-0.05, 0) is 31.0 Å². The van der Waals surface area contributed by atoms with Crippen molar-refractivity contribution in [3.63, 3.8) is 0 Å². The van der Waals surface area contributed by atoms with Crippen LogP contribution in [0.4, 0.5) is 4.39 Å². The molecule has 0 radical (unpaired) electrons. The van der Waals surface area contributed by atoms with Gasteiger partial charge in [0, 0.05) is 0 Å². The number of aliphatic hydroxyl groups is 1. The SMILES string of the molecule is C=C(C)CC(O)c1cccc(F)c1. The van der Waals surface area contributed by atoms with Crippen LogP contribution in [-0.2, 0) is 0 Å². The maximum atomic E-state index is 12.7. The molecule has 2 heteroatoms. The smallest absolute Gasteiger partial charge is 0.123 e. The molecule has 0 aliphatic carbocycles. The van der Waals surface area contributed by atoms with E-state index in [1.165, 1.54) is 12.1 Å². The lowest BCUT2D eigenvalue weighted by Crippen LogP contribution is -1.97. The van der Waals surface area contributed by atoms with Crippen LogP contribution < -0.4 is 0 Å². The summed E-state index contributed by atoms with van der Waals surface area (Å²) in [6.07, 6.45) is -0.170. The summed E-state index contributed by atoms with van der Waals surface area (Å²) in [7, 11) is 0. The second-order valence-corrected chi connectivity index (χ2v) is 3.23. The third kappa shape index (κ3) is 2.99. The maximum Gasteiger partial charge on any atom is 0.123 e. The van der Waals surface area contributed by atoms with E-state index in [2.05, 4.69) is 6.58 Å². The van der Waals surface area contributed by atoms with Crippen molar-refractivity contribution in [2.45, 2.75) is 19.4 Å². The van der Waals surface area contributed by atoms with Gasteiger partial charge in [0.15, 0.2) is 0 Å². The molecule has 0 aliphatic heterocycles. The molecule has 1 aromatic rings. The van der Waals surface area contributed by atoms with Crippen LogP contribution in [0.3, 0.4) is 0 Å². The number of rotatable bonds is 3. The van der Waals surface area contributed by atoms with Crippen LogP contribution in [0.15, 0.2) is 36.4 Å². The quantitative estimate of drug-likeness (QED) is 0.709. The molecule has 1 nitrogen and oxygen atoms in total. The minimum atomic E-state index is -0.645. The largest absolute Gasteiger partial charge is 0.388 e. The van der Waals surface area contributed by atoms with Gasteiger partial charge in [-0.3, -0.25) is 0 Å². The van der Waals surface area contributed by atoms with Gasteiger partial charge in [0.05, 0.1) is 6.10 Å². The van der Waals surface area contributed by atoms with Crippen molar-refractivity contribution in [3.05, 3.63) is 47.8 Å². The monoisotopic (exact) mass is 180 g/mol. The highest BCUT2D eigenvalue weighted by molar-refractivity contribution is 5.19. The van der Waals surface area contributed by atoms with Crippen LogP contribution in [0.1, 0.15) is 25.0 Å². The molecule has 0 aromatic heterocycles. The van der Waals surface area contributed by atoms with E-state index in [1.807, 2.05) is 6.92 Å². The first kappa shape index (κ1) is 9.93. The molecule has 1 aromatic carbocycles. The van der Waals surface area contributed by atoms with Gasteiger partial charge in [0.2, 0.25) is 0 Å². The Bertz CT molecular complexity index is 307. The fraction of sp³-hybridized carbons (Fsp3) is 0.273. The van der Waals surface area contributed by atoms with Crippen LogP contribution in [0.2, 0.25) is 0 Å². The number of halogens is 1. The van der Waals surface area contributed by atoms with Crippen LogP contribution in [-0.4, -0.2) is 5.11 Å². The molecule has 0 fully saturated rings. The molecule has 0 amide bonds. The summed E-state index contributed by atoms with van der Waals surface area (Å²) in [5, 5.41) is 9.59. The Balaban J connectivity index is 2.76. The first-order valence-corrected chi connectivity index (χ1v) is 4.17. The van der Waals surface area contributed by atoms with Crippen molar-refractivity contribution >= 4 is 0 Å². The minimum absolute atomic E-state index is 0.321. The van der Waals surface area contributed by atoms with Crippen LogP contribution in [0, 0.1) is 5.82 Å². The summed E-state index contributed by atoms with van der Waals surface area (Å²) in [5.41, 5.74) is 1.49. The van der Waals surface area contributed by atoms with Crippen LogP contribution in [0.5, 0.6) is 0 Å². The van der Waals surface area contributed by atoms with Crippen molar-refractivity contribution in [1.82, 2.24) is 0 Å². The Morgan fingerprint density at radius 2 is 2.31 bits per heavy atom. The van der Waals surface area contributed by atoms with Crippen LogP contribution in [0.25, 0.3) is 0 Å². The summed E-state index contributed by atoms with van der Waals surface area (Å²) in [5.74, 6) is -0.321. The van der Waals surface area contributed by atoms with Gasteiger partial charge in [-0.15, -0.1) is 6.58 Å². The minimum Gasteiger partial charge on any atom is -0.388 e. The van der Waals surface area contributed by atoms with E-state index in [0.717, 1.165) is 5.57 Å². The summed E-state index contributed by atoms with van der Waals surface area (Å²) >= 11 is 0. The number of hydrogen-bond acceptors (Lipinski definition) is 1. The molecule has 1 N–H and O–H groups in total. The van der Waals surface area contributed by atoms with Crippen molar-refractivity contribution in [2.24, 2.45) is 0 Å². The van der Waals surface area contributed by atoms with E-state index in [4.69, 9.17) is 0 Å². The molecule has 0 bridgehead atoms. The van der Waals surface area contributed by atoms with E-state index in [9.17, 15) is 9.50 Å². The topological polar surface area (TPSA) is 20.2 Å². The predicted octanol–water partition coefficient (Wildman–Crippen LogP) is 2.83. The zero-order valence-corrected chi connectivity index (χ0v) is 7.63. The Labute approximate surface area is 77.5 Å². The molecule has 0 spiro atoms. The van der Waals surface area contributed by atoms with Gasteiger partial charge in [0.25, 0.3) is 0 Å². The van der Waals surface area contributed by atoms with E-state index in [1.54, 1.807) is 12.1 Å². The molecule has 1 unspecified atom stereocenters. The molecule has 0 saturated carbocycles. The van der Waals surface area contributed by atoms with E-state index < -0.39 is 6.10 Å². The Kier molecular flexibility index (Phi) is 3.20. The Morgan fingerprint density at radius 3 is 2.85 bits per heavy atom. The van der Waals surface area contributed by atoms with Crippen LogP contribution >= 0.6 is 0 Å². The summed E-state index contributed by atoms with van der Waals surface area (Å²) in [4.78, 5) is 0. The molecular formula is C11H13FO. The normalized spacial score (nSPS) is 12.5. The summed E-state index contributed by atoms with van der Waals surface area (Å²) in [6, 6.07) is 5.99. The van der Waals surface area contributed by atoms with Gasteiger partial charge < -0.3 is 5.11 Å². The maximum absolute atomic E-state index is 12.7. The third-order valence-corrected chi connectivity index (χ3v) is 1.78. The Morgan fingerprint density at radius 1 is 1.62 bits per heavy atom. The van der Waals surface area contributed by atoms with Gasteiger partial charge in [-0.2, -0.15) is 0 Å². The molecule has 1 atom stereocenters. The molecule has 0 saturated heterocycles. The average molecular weight is 180 g/mol. The fourth-order valence-electron chi connectivity index (χ4n) is 1.16. The highest BCUT2D eigenvalue weighted by atomic mass is 19.1. The van der Waals surface area contributed by atoms with Gasteiger partial charge in [-0.25, -0.2) is 4.39 Å². The fourth-order valence-corrected chi connectivity index (χ4v) is 1.16. The van der Waals surface area contributed by atoms with Crippen molar-refractivity contribution in [2.75, 3.05) is 0 Å². The molecule has 1 rings (SSSR count). The standard InChI is InChI=1S/C11H13FO/c1-8(2)6-11(13)9-4-3-5-10(12)7-9/h3-5,7,11,13H,1,6H2,2H3. The zero-order valence-electron chi connectivity index (χ0n) is 7.63. The third-order valence-electron chi connectivity index (χ3n) is 1.78. The molecule has 70 valence electrons. The van der Waals surface area contributed by atoms with Crippen molar-refractivity contribution in [3.8, 4) is 0 Å². The van der Waals surface area contributed by atoms with E-state index >= 15 is 0 Å². The lowest BCUT2D eigenvalue weighted by atomic mass is 10.0. The number of aliphatic hydroxyl groups excluding tert-OH is 1. The Hall–Kier alpha value is -1.15. The van der Waals surface area contributed by atoms with E-state index in [0.29, 0.717) is 12.0 Å². The number of hydrogen-bond donors (Lipinski definition) is 1. The summed E-state index contributed by atoms with van der Waals surface area (Å²) < 4.78 is 12.7. The van der Waals surface area contributed by atoms with Gasteiger partial charge in [-0.1, -0.05) is 17.7 Å². The average Bonchev–Trinajstić information content (AvgIpc) is 2.03. The molecule has 13 heavy (non-hydrogen) atoms. The lowest BCUT2D eigenvalue weighted by Gasteiger charge is -2.10. The second kappa shape index (κ2) is 4.19. The molecule has 0 heterocycles. The van der Waals surface area contributed by atoms with Gasteiger partial charge >= 0.3 is 0 Å². The molecule has 0 aliphatic rings. The molecular weight excluding hydrogens is 167 g/mol. The first-order chi connectivity index (χ1) is 6.09. The summed E-state index contributed by atoms with van der Waals surface area (Å²) in [6.45, 7) is 5.53. The highest BCUT2D eigenvalue weighted by Gasteiger charge is 2.07. The van der Waals surface area contributed by atoms with Crippen molar-refractivity contribution in [1.29, 1.82) is 0 Å². The predicted molar refractivity (Wildman–Crippen MR) is 50.8 cm³/mol. The van der Waals surface area contributed by atoms with Crippen molar-refractivity contribution < 1.29 is 9.50 Å². The first-order valence-electron chi connectivity index (χ1n) is 4.17. The lowest BCUT2D eigenvalue weighted by molar-refractivity contribution is 0.178. The second-order valence-electron chi connectivity index (χ2n) is 3.23. The highest BCUT2D eigenvalue weighted by Crippen LogP contribution is 2.20. The van der Waals surface area contributed by atoms with Gasteiger partial charge in [0.1, 0.15) is 5.82 Å². The van der Waals surface area contributed by atoms with E-state index in [-0.39, 0.29) is 5.82 Å².